The van der Waals surface area contributed by atoms with E-state index < -0.39 is 0 Å². The molecule has 1 saturated heterocycles. The molecule has 21 heavy (non-hydrogen) atoms. The molecule has 0 aliphatic carbocycles. The lowest BCUT2D eigenvalue weighted by Gasteiger charge is -2.25. The average Bonchev–Trinajstić information content (AvgIpc) is 3.08. The van der Waals surface area contributed by atoms with Crippen LogP contribution in [0.5, 0.6) is 0 Å². The summed E-state index contributed by atoms with van der Waals surface area (Å²) in [6, 6.07) is 4.41. The largest absolute Gasteiger partial charge is 0.444 e. The molecular weight excluding hydrogens is 266 g/mol. The third-order valence-electron chi connectivity index (χ3n) is 3.96. The van der Waals surface area contributed by atoms with Gasteiger partial charge >= 0.3 is 0 Å². The van der Waals surface area contributed by atoms with Crippen LogP contribution < -0.4 is 10.2 Å². The number of oxazole rings is 1. The maximum Gasteiger partial charge on any atom is 0.208 e. The van der Waals surface area contributed by atoms with Crippen molar-refractivity contribution in [1.82, 2.24) is 20.5 Å². The predicted octanol–water partition coefficient (Wildman–Crippen LogP) is 1.84. The molecule has 3 rings (SSSR count). The van der Waals surface area contributed by atoms with Crippen molar-refractivity contribution in [3.8, 4) is 0 Å². The van der Waals surface area contributed by atoms with E-state index in [0.717, 1.165) is 36.3 Å². The molecule has 1 atom stereocenters. The molecule has 0 unspecified atom stereocenters. The fourth-order valence-electron chi connectivity index (χ4n) is 2.76. The number of aryl methyl sites for hydroxylation is 2. The van der Waals surface area contributed by atoms with Crippen LogP contribution in [0.4, 0.5) is 5.82 Å². The van der Waals surface area contributed by atoms with Crippen LogP contribution in [-0.2, 0) is 6.54 Å². The summed E-state index contributed by atoms with van der Waals surface area (Å²) in [6.45, 7) is 6.52. The minimum atomic E-state index is 0.457. The van der Waals surface area contributed by atoms with E-state index in [4.69, 9.17) is 4.42 Å². The van der Waals surface area contributed by atoms with Crippen molar-refractivity contribution in [3.63, 3.8) is 0 Å². The Labute approximate surface area is 124 Å². The summed E-state index contributed by atoms with van der Waals surface area (Å²) in [5.74, 6) is 2.62. The van der Waals surface area contributed by atoms with Gasteiger partial charge in [0.25, 0.3) is 0 Å². The lowest BCUT2D eigenvalue weighted by molar-refractivity contribution is 0.441. The van der Waals surface area contributed by atoms with Gasteiger partial charge in [0.15, 0.2) is 5.82 Å². The maximum atomic E-state index is 5.58. The molecule has 2 aromatic heterocycles. The van der Waals surface area contributed by atoms with E-state index >= 15 is 0 Å². The number of hydrogen-bond donors (Lipinski definition) is 1. The van der Waals surface area contributed by atoms with E-state index in [1.807, 2.05) is 26.0 Å². The number of nitrogens with one attached hydrogen (secondary N) is 1. The lowest BCUT2D eigenvalue weighted by atomic mass is 10.2. The van der Waals surface area contributed by atoms with Gasteiger partial charge in [-0.1, -0.05) is 0 Å². The van der Waals surface area contributed by atoms with Gasteiger partial charge in [0, 0.05) is 25.3 Å². The number of anilines is 1. The Kier molecular flexibility index (Phi) is 4.15. The molecule has 1 fully saturated rings. The van der Waals surface area contributed by atoms with Gasteiger partial charge in [0.2, 0.25) is 5.89 Å². The molecule has 112 valence electrons. The second-order valence-electron chi connectivity index (χ2n) is 5.45. The predicted molar refractivity (Wildman–Crippen MR) is 80.1 cm³/mol. The molecule has 0 aromatic carbocycles. The van der Waals surface area contributed by atoms with Gasteiger partial charge < -0.3 is 14.6 Å². The summed E-state index contributed by atoms with van der Waals surface area (Å²) in [6.07, 6.45) is 4.08. The van der Waals surface area contributed by atoms with Gasteiger partial charge in [0.1, 0.15) is 5.76 Å². The average molecular weight is 287 g/mol. The Hall–Kier alpha value is -1.95. The molecule has 0 saturated carbocycles. The van der Waals surface area contributed by atoms with Crippen LogP contribution in [0.15, 0.2) is 22.7 Å². The van der Waals surface area contributed by atoms with Crippen LogP contribution in [0.2, 0.25) is 0 Å². The Morgan fingerprint density at radius 3 is 3.05 bits per heavy atom. The van der Waals surface area contributed by atoms with Crippen molar-refractivity contribution in [2.24, 2.45) is 0 Å². The summed E-state index contributed by atoms with van der Waals surface area (Å²) < 4.78 is 5.58. The standard InChI is InChI=1S/C15H21N5O/c1-11-12(2)21-15(18-11)10-16-9-13-5-4-8-20(13)14-6-3-7-17-19-14/h3,6-7,13,16H,4-5,8-10H2,1-2H3/t13-/m0/s1. The molecule has 1 aliphatic rings. The monoisotopic (exact) mass is 287 g/mol. The summed E-state index contributed by atoms with van der Waals surface area (Å²) in [5, 5.41) is 11.6. The first-order valence-corrected chi connectivity index (χ1v) is 7.42. The highest BCUT2D eigenvalue weighted by atomic mass is 16.4. The molecule has 0 amide bonds. The molecule has 6 heteroatoms. The topological polar surface area (TPSA) is 67.1 Å². The normalized spacial score (nSPS) is 18.4. The van der Waals surface area contributed by atoms with Crippen LogP contribution in [0.25, 0.3) is 0 Å². The quantitative estimate of drug-likeness (QED) is 0.905. The first kappa shape index (κ1) is 14.0. The Balaban J connectivity index is 1.55. The number of rotatable bonds is 5. The lowest BCUT2D eigenvalue weighted by Crippen LogP contribution is -2.38. The van der Waals surface area contributed by atoms with E-state index in [2.05, 4.69) is 25.4 Å². The molecule has 0 radical (unpaired) electrons. The third-order valence-corrected chi connectivity index (χ3v) is 3.96. The minimum absolute atomic E-state index is 0.457. The van der Waals surface area contributed by atoms with Crippen molar-refractivity contribution in [2.75, 3.05) is 18.0 Å². The Bertz CT molecular complexity index is 564. The SMILES string of the molecule is Cc1nc(CNC[C@@H]2CCCN2c2cccnn2)oc1C. The Morgan fingerprint density at radius 1 is 1.43 bits per heavy atom. The molecule has 0 spiro atoms. The summed E-state index contributed by atoms with van der Waals surface area (Å²) in [7, 11) is 0. The van der Waals surface area contributed by atoms with Crippen molar-refractivity contribution in [3.05, 3.63) is 35.7 Å². The highest BCUT2D eigenvalue weighted by molar-refractivity contribution is 5.39. The van der Waals surface area contributed by atoms with Gasteiger partial charge in [0.05, 0.1) is 12.2 Å². The third kappa shape index (κ3) is 3.21. The first-order chi connectivity index (χ1) is 10.2. The molecule has 3 heterocycles. The van der Waals surface area contributed by atoms with E-state index in [1.165, 1.54) is 12.8 Å². The molecule has 2 aromatic rings. The van der Waals surface area contributed by atoms with E-state index in [0.29, 0.717) is 12.6 Å². The highest BCUT2D eigenvalue weighted by Crippen LogP contribution is 2.22. The fraction of sp³-hybridized carbons (Fsp3) is 0.533. The van der Waals surface area contributed by atoms with E-state index in [-0.39, 0.29) is 0 Å². The van der Waals surface area contributed by atoms with Crippen molar-refractivity contribution in [1.29, 1.82) is 0 Å². The van der Waals surface area contributed by atoms with Gasteiger partial charge in [-0.05, 0) is 38.8 Å². The summed E-state index contributed by atoms with van der Waals surface area (Å²) in [5.41, 5.74) is 0.967. The van der Waals surface area contributed by atoms with E-state index in [1.54, 1.807) is 6.20 Å². The second-order valence-corrected chi connectivity index (χ2v) is 5.45. The second kappa shape index (κ2) is 6.22. The zero-order valence-electron chi connectivity index (χ0n) is 12.5. The van der Waals surface area contributed by atoms with Crippen molar-refractivity contribution >= 4 is 5.82 Å². The van der Waals surface area contributed by atoms with Gasteiger partial charge in [-0.3, -0.25) is 0 Å². The summed E-state index contributed by atoms with van der Waals surface area (Å²) in [4.78, 5) is 6.71. The van der Waals surface area contributed by atoms with Crippen LogP contribution in [0, 0.1) is 13.8 Å². The van der Waals surface area contributed by atoms with Crippen molar-refractivity contribution < 1.29 is 4.42 Å². The number of aromatic nitrogens is 3. The fourth-order valence-corrected chi connectivity index (χ4v) is 2.76. The van der Waals surface area contributed by atoms with Crippen molar-refractivity contribution in [2.45, 2.75) is 39.3 Å². The van der Waals surface area contributed by atoms with E-state index in [9.17, 15) is 0 Å². The Morgan fingerprint density at radius 2 is 2.33 bits per heavy atom. The van der Waals surface area contributed by atoms with Crippen LogP contribution in [0.1, 0.15) is 30.2 Å². The zero-order valence-corrected chi connectivity index (χ0v) is 12.5. The first-order valence-electron chi connectivity index (χ1n) is 7.42. The van der Waals surface area contributed by atoms with Crippen LogP contribution in [-0.4, -0.2) is 34.3 Å². The van der Waals surface area contributed by atoms with Crippen LogP contribution >= 0.6 is 0 Å². The molecule has 6 nitrogen and oxygen atoms in total. The summed E-state index contributed by atoms with van der Waals surface area (Å²) >= 11 is 0. The zero-order chi connectivity index (χ0) is 14.7. The molecule has 0 bridgehead atoms. The number of hydrogen-bond acceptors (Lipinski definition) is 6. The molecule has 1 aliphatic heterocycles. The minimum Gasteiger partial charge on any atom is -0.444 e. The maximum absolute atomic E-state index is 5.58. The van der Waals surface area contributed by atoms with Gasteiger partial charge in [-0.2, -0.15) is 5.10 Å². The molecule has 1 N–H and O–H groups in total. The smallest absolute Gasteiger partial charge is 0.208 e. The number of nitrogens with zero attached hydrogens (tertiary/aromatic N) is 4. The van der Waals surface area contributed by atoms with Gasteiger partial charge in [-0.15, -0.1) is 5.10 Å². The molecular formula is C15H21N5O. The highest BCUT2D eigenvalue weighted by Gasteiger charge is 2.25. The van der Waals surface area contributed by atoms with Gasteiger partial charge in [-0.25, -0.2) is 4.98 Å². The van der Waals surface area contributed by atoms with Crippen LogP contribution in [0.3, 0.4) is 0 Å².